The minimum absolute atomic E-state index is 0.285. The average molecular weight is 350 g/mol. The highest BCUT2D eigenvalue weighted by Crippen LogP contribution is 2.26. The van der Waals surface area contributed by atoms with Gasteiger partial charge >= 0.3 is 0 Å². The van der Waals surface area contributed by atoms with Gasteiger partial charge in [-0.2, -0.15) is 5.10 Å². The first-order valence-electron chi connectivity index (χ1n) is 7.45. The Labute approximate surface area is 135 Å². The molecule has 1 aromatic heterocycles. The molecule has 2 aromatic rings. The van der Waals surface area contributed by atoms with Gasteiger partial charge in [-0.1, -0.05) is 35.0 Å². The Hall–Kier alpha value is -1.13. The summed E-state index contributed by atoms with van der Waals surface area (Å²) < 4.78 is 3.08. The van der Waals surface area contributed by atoms with Crippen LogP contribution in [0.25, 0.3) is 0 Å². The quantitative estimate of drug-likeness (QED) is 0.854. The number of nitrogens with one attached hydrogen (secondary N) is 1. The minimum Gasteiger partial charge on any atom is -0.303 e. The maximum absolute atomic E-state index is 4.52. The van der Waals surface area contributed by atoms with Gasteiger partial charge in [-0.15, -0.1) is 0 Å². The van der Waals surface area contributed by atoms with Crippen LogP contribution in [0, 0.1) is 13.8 Å². The Morgan fingerprint density at radius 1 is 1.24 bits per heavy atom. The van der Waals surface area contributed by atoms with Crippen molar-refractivity contribution in [2.75, 3.05) is 0 Å². The maximum atomic E-state index is 4.52. The molecule has 21 heavy (non-hydrogen) atoms. The van der Waals surface area contributed by atoms with Crippen LogP contribution in [0.5, 0.6) is 0 Å². The summed E-state index contributed by atoms with van der Waals surface area (Å²) in [4.78, 5) is 0. The third kappa shape index (κ3) is 3.55. The van der Waals surface area contributed by atoms with Crippen molar-refractivity contribution >= 4 is 15.9 Å². The number of benzene rings is 1. The molecule has 0 amide bonds. The van der Waals surface area contributed by atoms with E-state index >= 15 is 0 Å². The lowest BCUT2D eigenvalue weighted by atomic mass is 10.0. The van der Waals surface area contributed by atoms with E-state index in [9.17, 15) is 0 Å². The number of rotatable bonds is 5. The topological polar surface area (TPSA) is 29.9 Å². The first-order chi connectivity index (χ1) is 9.93. The summed E-state index contributed by atoms with van der Waals surface area (Å²) >= 11 is 3.49. The minimum atomic E-state index is 0.285. The van der Waals surface area contributed by atoms with Crippen LogP contribution in [0.3, 0.4) is 0 Å². The van der Waals surface area contributed by atoms with E-state index in [1.165, 1.54) is 16.8 Å². The number of aryl methyl sites for hydroxylation is 2. The Bertz CT molecular complexity index is 601. The second-order valence-electron chi connectivity index (χ2n) is 5.61. The van der Waals surface area contributed by atoms with Gasteiger partial charge in [-0.3, -0.25) is 4.68 Å². The van der Waals surface area contributed by atoms with E-state index in [1.807, 2.05) is 11.7 Å². The number of hydrogen-bond donors (Lipinski definition) is 1. The first-order valence-corrected chi connectivity index (χ1v) is 8.25. The summed E-state index contributed by atoms with van der Waals surface area (Å²) in [7, 11) is 2.00. The molecule has 0 spiro atoms. The molecular weight excluding hydrogens is 326 g/mol. The fraction of sp³-hybridized carbons (Fsp3) is 0.471. The van der Waals surface area contributed by atoms with Gasteiger partial charge in [0, 0.05) is 34.9 Å². The van der Waals surface area contributed by atoms with Crippen LogP contribution >= 0.6 is 15.9 Å². The van der Waals surface area contributed by atoms with Crippen molar-refractivity contribution < 1.29 is 0 Å². The van der Waals surface area contributed by atoms with E-state index in [-0.39, 0.29) is 6.04 Å². The van der Waals surface area contributed by atoms with E-state index in [4.69, 9.17) is 0 Å². The van der Waals surface area contributed by atoms with Crippen LogP contribution in [-0.4, -0.2) is 9.78 Å². The Kier molecular flexibility index (Phi) is 5.22. The lowest BCUT2D eigenvalue weighted by molar-refractivity contribution is 0.454. The molecule has 2 rings (SSSR count). The Morgan fingerprint density at radius 2 is 1.86 bits per heavy atom. The standard InChI is InChI=1S/C17H24BrN3/c1-6-16(14-7-9-15(18)10-8-14)19-11(2)17-12(3)20-21(5)13(17)4/h7-11,16,19H,6H2,1-5H3. The van der Waals surface area contributed by atoms with Gasteiger partial charge in [0.05, 0.1) is 5.69 Å². The predicted octanol–water partition coefficient (Wildman–Crippen LogP) is 4.60. The molecular formula is C17H24BrN3. The van der Waals surface area contributed by atoms with Crippen LogP contribution in [0.15, 0.2) is 28.7 Å². The van der Waals surface area contributed by atoms with Crippen molar-refractivity contribution in [3.05, 3.63) is 51.3 Å². The molecule has 2 atom stereocenters. The molecule has 0 radical (unpaired) electrons. The number of halogens is 1. The molecule has 0 fully saturated rings. The van der Waals surface area contributed by atoms with Gasteiger partial charge < -0.3 is 5.32 Å². The highest BCUT2D eigenvalue weighted by atomic mass is 79.9. The summed E-state index contributed by atoms with van der Waals surface area (Å²) in [5.74, 6) is 0. The zero-order valence-corrected chi connectivity index (χ0v) is 15.0. The number of nitrogens with zero attached hydrogens (tertiary/aromatic N) is 2. The highest BCUT2D eigenvalue weighted by Gasteiger charge is 2.19. The van der Waals surface area contributed by atoms with Crippen LogP contribution in [0.4, 0.5) is 0 Å². The van der Waals surface area contributed by atoms with E-state index < -0.39 is 0 Å². The molecule has 1 aromatic carbocycles. The van der Waals surface area contributed by atoms with Crippen LogP contribution in [-0.2, 0) is 7.05 Å². The zero-order valence-electron chi connectivity index (χ0n) is 13.4. The molecule has 2 unspecified atom stereocenters. The average Bonchev–Trinajstić information content (AvgIpc) is 2.70. The van der Waals surface area contributed by atoms with Gasteiger partial charge in [-0.25, -0.2) is 0 Å². The molecule has 0 bridgehead atoms. The van der Waals surface area contributed by atoms with Gasteiger partial charge in [-0.05, 0) is 44.9 Å². The lowest BCUT2D eigenvalue weighted by Gasteiger charge is -2.23. The van der Waals surface area contributed by atoms with Crippen molar-refractivity contribution in [2.24, 2.45) is 7.05 Å². The predicted molar refractivity (Wildman–Crippen MR) is 91.4 cm³/mol. The van der Waals surface area contributed by atoms with E-state index in [2.05, 4.69) is 78.3 Å². The van der Waals surface area contributed by atoms with Gasteiger partial charge in [0.1, 0.15) is 0 Å². The zero-order chi connectivity index (χ0) is 15.6. The van der Waals surface area contributed by atoms with Crippen LogP contribution in [0.2, 0.25) is 0 Å². The highest BCUT2D eigenvalue weighted by molar-refractivity contribution is 9.10. The van der Waals surface area contributed by atoms with Crippen molar-refractivity contribution in [1.29, 1.82) is 0 Å². The number of hydrogen-bond acceptors (Lipinski definition) is 2. The SMILES string of the molecule is CCC(NC(C)c1c(C)nn(C)c1C)c1ccc(Br)cc1. The summed E-state index contributed by atoms with van der Waals surface area (Å²) in [5.41, 5.74) is 4.98. The molecule has 1 heterocycles. The second-order valence-corrected chi connectivity index (χ2v) is 6.52. The molecule has 0 saturated carbocycles. The van der Waals surface area contributed by atoms with E-state index in [0.29, 0.717) is 6.04 Å². The summed E-state index contributed by atoms with van der Waals surface area (Å²) in [5, 5.41) is 8.26. The Morgan fingerprint density at radius 3 is 2.33 bits per heavy atom. The van der Waals surface area contributed by atoms with Crippen molar-refractivity contribution in [2.45, 2.75) is 46.2 Å². The Balaban J connectivity index is 2.20. The molecule has 114 valence electrons. The first kappa shape index (κ1) is 16.2. The third-order valence-corrected chi connectivity index (χ3v) is 4.66. The van der Waals surface area contributed by atoms with Gasteiger partial charge in [0.2, 0.25) is 0 Å². The molecule has 1 N–H and O–H groups in total. The van der Waals surface area contributed by atoms with Gasteiger partial charge in [0.15, 0.2) is 0 Å². The van der Waals surface area contributed by atoms with Crippen LogP contribution in [0.1, 0.15) is 54.9 Å². The molecule has 0 aliphatic heterocycles. The lowest BCUT2D eigenvalue weighted by Crippen LogP contribution is -2.25. The monoisotopic (exact) mass is 349 g/mol. The van der Waals surface area contributed by atoms with Crippen LogP contribution < -0.4 is 5.32 Å². The molecule has 0 aliphatic carbocycles. The van der Waals surface area contributed by atoms with E-state index in [0.717, 1.165) is 16.6 Å². The summed E-state index contributed by atoms with van der Waals surface area (Å²) in [6, 6.07) is 9.21. The van der Waals surface area contributed by atoms with Crippen molar-refractivity contribution in [3.63, 3.8) is 0 Å². The largest absolute Gasteiger partial charge is 0.303 e. The smallest absolute Gasteiger partial charge is 0.0644 e. The fourth-order valence-corrected chi connectivity index (χ4v) is 3.21. The normalized spacial score (nSPS) is 14.2. The molecule has 0 saturated heterocycles. The fourth-order valence-electron chi connectivity index (χ4n) is 2.95. The van der Waals surface area contributed by atoms with Crippen molar-refractivity contribution in [3.8, 4) is 0 Å². The molecule has 0 aliphatic rings. The van der Waals surface area contributed by atoms with Crippen molar-refractivity contribution in [1.82, 2.24) is 15.1 Å². The number of aromatic nitrogens is 2. The summed E-state index contributed by atoms with van der Waals surface area (Å²) in [6.45, 7) is 8.66. The molecule has 4 heteroatoms. The molecule has 3 nitrogen and oxygen atoms in total. The van der Waals surface area contributed by atoms with E-state index in [1.54, 1.807) is 0 Å². The summed E-state index contributed by atoms with van der Waals surface area (Å²) in [6.07, 6.45) is 1.06. The van der Waals surface area contributed by atoms with Gasteiger partial charge in [0.25, 0.3) is 0 Å². The second kappa shape index (κ2) is 6.75. The maximum Gasteiger partial charge on any atom is 0.0644 e. The third-order valence-electron chi connectivity index (χ3n) is 4.13.